The van der Waals surface area contributed by atoms with Gasteiger partial charge in [-0.2, -0.15) is 0 Å². The third-order valence-corrected chi connectivity index (χ3v) is 3.81. The minimum Gasteiger partial charge on any atom is -0.497 e. The van der Waals surface area contributed by atoms with E-state index in [2.05, 4.69) is 10.5 Å². The summed E-state index contributed by atoms with van der Waals surface area (Å²) in [5, 5.41) is 7.38. The molecule has 0 saturated carbocycles. The molecule has 1 amide bonds. The summed E-state index contributed by atoms with van der Waals surface area (Å²) in [5.74, 6) is 1.05. The Bertz CT molecular complexity index is 843. The Labute approximate surface area is 144 Å². The lowest BCUT2D eigenvalue weighted by Crippen LogP contribution is -2.22. The molecule has 2 aromatic carbocycles. The Morgan fingerprint density at radius 2 is 1.96 bits per heavy atom. The second-order valence-corrected chi connectivity index (χ2v) is 5.48. The predicted octanol–water partition coefficient (Wildman–Crippen LogP) is 3.93. The summed E-state index contributed by atoms with van der Waals surface area (Å²) < 4.78 is 10.3. The number of rotatable bonds is 5. The molecule has 1 N–H and O–H groups in total. The lowest BCUT2D eigenvalue weighted by molar-refractivity contribution is 0.0947. The van der Waals surface area contributed by atoms with Crippen LogP contribution in [0.25, 0.3) is 11.3 Å². The molecule has 0 unspecified atom stereocenters. The maximum absolute atomic E-state index is 12.1. The standard InChI is InChI=1S/C18H15ClN2O3/c1-23-13-8-6-12(7-9-13)18(22)20-11-14-10-17(21-24-14)15-4-2-3-5-16(15)19/h2-10H,11H2,1H3,(H,20,22). The van der Waals surface area contributed by atoms with E-state index in [9.17, 15) is 4.79 Å². The molecule has 0 atom stereocenters. The Balaban J connectivity index is 1.65. The van der Waals surface area contributed by atoms with Crippen molar-refractivity contribution in [1.82, 2.24) is 10.5 Å². The third-order valence-electron chi connectivity index (χ3n) is 3.48. The van der Waals surface area contributed by atoms with Crippen molar-refractivity contribution in [2.75, 3.05) is 7.11 Å². The Morgan fingerprint density at radius 3 is 2.67 bits per heavy atom. The molecule has 0 saturated heterocycles. The molecule has 24 heavy (non-hydrogen) atoms. The fraction of sp³-hybridized carbons (Fsp3) is 0.111. The fourth-order valence-electron chi connectivity index (χ4n) is 2.20. The molecule has 0 bridgehead atoms. The number of nitrogens with zero attached hydrogens (tertiary/aromatic N) is 1. The maximum atomic E-state index is 12.1. The van der Waals surface area contributed by atoms with E-state index in [-0.39, 0.29) is 12.5 Å². The number of ether oxygens (including phenoxy) is 1. The summed E-state index contributed by atoms with van der Waals surface area (Å²) in [7, 11) is 1.58. The van der Waals surface area contributed by atoms with E-state index in [1.54, 1.807) is 43.5 Å². The van der Waals surface area contributed by atoms with Gasteiger partial charge in [0.2, 0.25) is 0 Å². The maximum Gasteiger partial charge on any atom is 0.251 e. The first kappa shape index (κ1) is 16.1. The van der Waals surface area contributed by atoms with Crippen molar-refractivity contribution < 1.29 is 14.1 Å². The molecule has 0 aliphatic carbocycles. The monoisotopic (exact) mass is 342 g/mol. The number of hydrogen-bond acceptors (Lipinski definition) is 4. The van der Waals surface area contributed by atoms with E-state index in [0.29, 0.717) is 27.8 Å². The lowest BCUT2D eigenvalue weighted by atomic mass is 10.1. The van der Waals surface area contributed by atoms with Crippen LogP contribution in [0.3, 0.4) is 0 Å². The van der Waals surface area contributed by atoms with Gasteiger partial charge in [-0.05, 0) is 30.3 Å². The van der Waals surface area contributed by atoms with Gasteiger partial charge in [0.15, 0.2) is 5.76 Å². The molecule has 5 nitrogen and oxygen atoms in total. The summed E-state index contributed by atoms with van der Waals surface area (Å²) in [4.78, 5) is 12.1. The molecule has 1 aromatic heterocycles. The van der Waals surface area contributed by atoms with Gasteiger partial charge in [-0.1, -0.05) is 35.0 Å². The average molecular weight is 343 g/mol. The van der Waals surface area contributed by atoms with Crippen molar-refractivity contribution >= 4 is 17.5 Å². The van der Waals surface area contributed by atoms with Crippen molar-refractivity contribution in [2.24, 2.45) is 0 Å². The summed E-state index contributed by atoms with van der Waals surface area (Å²) in [5.41, 5.74) is 1.96. The Kier molecular flexibility index (Phi) is 4.82. The Hall–Kier alpha value is -2.79. The molecule has 3 aromatic rings. The minimum atomic E-state index is -0.201. The highest BCUT2D eigenvalue weighted by Crippen LogP contribution is 2.26. The van der Waals surface area contributed by atoms with Crippen LogP contribution in [0, 0.1) is 0 Å². The van der Waals surface area contributed by atoms with Gasteiger partial charge < -0.3 is 14.6 Å². The molecule has 122 valence electrons. The number of amides is 1. The number of carbonyl (C=O) groups is 1. The van der Waals surface area contributed by atoms with Crippen molar-refractivity contribution in [3.63, 3.8) is 0 Å². The van der Waals surface area contributed by atoms with E-state index in [0.717, 1.165) is 5.56 Å². The number of halogens is 1. The van der Waals surface area contributed by atoms with Gasteiger partial charge >= 0.3 is 0 Å². The molecular formula is C18H15ClN2O3. The fourth-order valence-corrected chi connectivity index (χ4v) is 2.44. The van der Waals surface area contributed by atoms with Gasteiger partial charge in [0.05, 0.1) is 18.7 Å². The molecule has 6 heteroatoms. The van der Waals surface area contributed by atoms with Crippen LogP contribution in [0.4, 0.5) is 0 Å². The van der Waals surface area contributed by atoms with Gasteiger partial charge in [-0.25, -0.2) is 0 Å². The number of carbonyl (C=O) groups excluding carboxylic acids is 1. The quantitative estimate of drug-likeness (QED) is 0.763. The first-order valence-corrected chi connectivity index (χ1v) is 7.68. The number of hydrogen-bond donors (Lipinski definition) is 1. The highest BCUT2D eigenvalue weighted by atomic mass is 35.5. The Morgan fingerprint density at radius 1 is 1.21 bits per heavy atom. The lowest BCUT2D eigenvalue weighted by Gasteiger charge is -2.04. The van der Waals surface area contributed by atoms with Gasteiger partial charge in [0.25, 0.3) is 5.91 Å². The number of aromatic nitrogens is 1. The molecule has 0 spiro atoms. The van der Waals surface area contributed by atoms with Gasteiger partial charge in [-0.15, -0.1) is 0 Å². The normalized spacial score (nSPS) is 10.4. The first-order chi connectivity index (χ1) is 11.7. The van der Waals surface area contributed by atoms with Crippen molar-refractivity contribution in [3.05, 3.63) is 70.9 Å². The molecule has 3 rings (SSSR count). The first-order valence-electron chi connectivity index (χ1n) is 7.30. The van der Waals surface area contributed by atoms with Crippen LogP contribution >= 0.6 is 11.6 Å². The molecular weight excluding hydrogens is 328 g/mol. The summed E-state index contributed by atoms with van der Waals surface area (Å²) in [6.07, 6.45) is 0. The zero-order chi connectivity index (χ0) is 16.9. The van der Waals surface area contributed by atoms with Crippen LogP contribution in [0.1, 0.15) is 16.1 Å². The molecule has 0 fully saturated rings. The van der Waals surface area contributed by atoms with Gasteiger partial charge in [0.1, 0.15) is 11.4 Å². The van der Waals surface area contributed by atoms with E-state index >= 15 is 0 Å². The summed E-state index contributed by atoms with van der Waals surface area (Å²) >= 11 is 6.14. The molecule has 1 heterocycles. The van der Waals surface area contributed by atoms with E-state index in [4.69, 9.17) is 20.9 Å². The van der Waals surface area contributed by atoms with Crippen LogP contribution in [-0.4, -0.2) is 18.2 Å². The molecule has 0 aliphatic heterocycles. The van der Waals surface area contributed by atoms with Crippen LogP contribution in [-0.2, 0) is 6.54 Å². The van der Waals surface area contributed by atoms with Gasteiger partial charge in [0, 0.05) is 17.2 Å². The third kappa shape index (κ3) is 3.58. The second kappa shape index (κ2) is 7.19. The molecule has 0 radical (unpaired) electrons. The highest BCUT2D eigenvalue weighted by molar-refractivity contribution is 6.33. The largest absolute Gasteiger partial charge is 0.497 e. The van der Waals surface area contributed by atoms with Crippen LogP contribution < -0.4 is 10.1 Å². The van der Waals surface area contributed by atoms with Crippen molar-refractivity contribution in [2.45, 2.75) is 6.54 Å². The molecule has 0 aliphatic rings. The minimum absolute atomic E-state index is 0.201. The summed E-state index contributed by atoms with van der Waals surface area (Å²) in [6, 6.07) is 16.0. The number of nitrogens with one attached hydrogen (secondary N) is 1. The zero-order valence-electron chi connectivity index (χ0n) is 13.0. The predicted molar refractivity (Wildman–Crippen MR) is 91.1 cm³/mol. The van der Waals surface area contributed by atoms with Gasteiger partial charge in [-0.3, -0.25) is 4.79 Å². The van der Waals surface area contributed by atoms with Crippen molar-refractivity contribution in [1.29, 1.82) is 0 Å². The highest BCUT2D eigenvalue weighted by Gasteiger charge is 2.11. The van der Waals surface area contributed by atoms with E-state index in [1.807, 2.05) is 18.2 Å². The van der Waals surface area contributed by atoms with Crippen LogP contribution in [0.5, 0.6) is 5.75 Å². The van der Waals surface area contributed by atoms with E-state index in [1.165, 1.54) is 0 Å². The van der Waals surface area contributed by atoms with Crippen LogP contribution in [0.15, 0.2) is 59.1 Å². The smallest absolute Gasteiger partial charge is 0.251 e. The summed E-state index contributed by atoms with van der Waals surface area (Å²) in [6.45, 7) is 0.238. The zero-order valence-corrected chi connectivity index (χ0v) is 13.7. The van der Waals surface area contributed by atoms with Crippen molar-refractivity contribution in [3.8, 4) is 17.0 Å². The van der Waals surface area contributed by atoms with E-state index < -0.39 is 0 Å². The topological polar surface area (TPSA) is 64.4 Å². The average Bonchev–Trinajstić information content (AvgIpc) is 3.09. The van der Waals surface area contributed by atoms with Crippen LogP contribution in [0.2, 0.25) is 5.02 Å². The second-order valence-electron chi connectivity index (χ2n) is 5.07. The number of benzene rings is 2. The SMILES string of the molecule is COc1ccc(C(=O)NCc2cc(-c3ccccc3Cl)no2)cc1. The number of methoxy groups -OCH3 is 1.